The molecule has 0 saturated heterocycles. The topological polar surface area (TPSA) is 86.7 Å². The summed E-state index contributed by atoms with van der Waals surface area (Å²) in [5.74, 6) is 0. The van der Waals surface area contributed by atoms with Crippen molar-refractivity contribution in [3.63, 3.8) is 0 Å². The predicted molar refractivity (Wildman–Crippen MR) is 28.2 cm³/mol. The second kappa shape index (κ2) is 5.50. The molecule has 0 radical (unpaired) electrons. The van der Waals surface area contributed by atoms with E-state index in [1.165, 1.54) is 0 Å². The summed E-state index contributed by atoms with van der Waals surface area (Å²) in [6.45, 7) is -1.21. The molecular weight excluding hydrogens is 201 g/mol. The Hall–Kier alpha value is 0.723. The summed E-state index contributed by atoms with van der Waals surface area (Å²) in [4.78, 5) is 0. The molecule has 0 amide bonds. The minimum absolute atomic E-state index is 0. The zero-order chi connectivity index (χ0) is 6.62. The van der Waals surface area contributed by atoms with Gasteiger partial charge in [0.05, 0.1) is 25.4 Å². The van der Waals surface area contributed by atoms with Crippen molar-refractivity contribution in [2.24, 2.45) is 5.73 Å². The van der Waals surface area contributed by atoms with Gasteiger partial charge in [-0.25, -0.2) is 0 Å². The van der Waals surface area contributed by atoms with Crippen LogP contribution in [0.25, 0.3) is 0 Å². The number of hydrogen-bond acceptors (Lipinski definition) is 4. The van der Waals surface area contributed by atoms with Crippen LogP contribution in [0.2, 0.25) is 0 Å². The van der Waals surface area contributed by atoms with E-state index in [0.717, 1.165) is 0 Å². The van der Waals surface area contributed by atoms with E-state index < -0.39 is 25.4 Å². The molecule has 0 aliphatic carbocycles. The molecule has 0 bridgehead atoms. The van der Waals surface area contributed by atoms with Gasteiger partial charge < -0.3 is 21.1 Å². The van der Waals surface area contributed by atoms with E-state index in [2.05, 4.69) is 0 Å². The fourth-order valence-corrected chi connectivity index (χ4v) is 0.150. The van der Waals surface area contributed by atoms with Gasteiger partial charge in [0.25, 0.3) is 0 Å². The van der Waals surface area contributed by atoms with Gasteiger partial charge in [-0.15, -0.1) is 0 Å². The molecule has 0 fully saturated rings. The smallest absolute Gasteiger partial charge is 0.0856 e. The van der Waals surface area contributed by atoms with Crippen LogP contribution in [0.15, 0.2) is 0 Å². The molecule has 4 nitrogen and oxygen atoms in total. The van der Waals surface area contributed by atoms with Crippen LogP contribution in [0.1, 0.15) is 0 Å². The molecule has 9 heavy (non-hydrogen) atoms. The first-order chi connectivity index (χ1) is 3.68. The summed E-state index contributed by atoms with van der Waals surface area (Å²) in [5, 5.41) is 25.0. The Labute approximate surface area is 72.8 Å². The van der Waals surface area contributed by atoms with E-state index in [4.69, 9.17) is 21.1 Å². The van der Waals surface area contributed by atoms with Gasteiger partial charge in [0, 0.05) is 26.2 Å². The van der Waals surface area contributed by atoms with Crippen LogP contribution >= 0.6 is 0 Å². The maximum Gasteiger partial charge on any atom is 0.0856 e. The number of aliphatic hydroxyl groups is 3. The fourth-order valence-electron chi connectivity index (χ4n) is 0.150. The van der Waals surface area contributed by atoms with Crippen LogP contribution in [0.5, 0.6) is 0 Å². The minimum atomic E-state index is -1.21. The Morgan fingerprint density at radius 2 is 1.22 bits per heavy atom. The second-order valence-corrected chi connectivity index (χ2v) is 1.84. The van der Waals surface area contributed by atoms with Gasteiger partial charge in [0.2, 0.25) is 0 Å². The normalized spacial score (nSPS) is 10.7. The molecule has 0 aromatic heterocycles. The van der Waals surface area contributed by atoms with Crippen molar-refractivity contribution in [1.82, 2.24) is 0 Å². The Morgan fingerprint density at radius 3 is 1.22 bits per heavy atom. The van der Waals surface area contributed by atoms with E-state index in [1.54, 1.807) is 0 Å². The van der Waals surface area contributed by atoms with Crippen molar-refractivity contribution in [1.29, 1.82) is 0 Å². The van der Waals surface area contributed by atoms with Crippen LogP contribution in [0.3, 0.4) is 0 Å². The van der Waals surface area contributed by atoms with Gasteiger partial charge in [-0.1, -0.05) is 0 Å². The van der Waals surface area contributed by atoms with Crippen molar-refractivity contribution in [3.8, 4) is 0 Å². The maximum absolute atomic E-state index is 8.34. The van der Waals surface area contributed by atoms with Crippen LogP contribution in [0.4, 0.5) is 0 Å². The molecule has 5 N–H and O–H groups in total. The predicted octanol–water partition coefficient (Wildman–Crippen LogP) is -2.34. The molecule has 0 spiro atoms. The monoisotopic (exact) mass is 211 g/mol. The van der Waals surface area contributed by atoms with E-state index in [9.17, 15) is 0 Å². The van der Waals surface area contributed by atoms with Crippen LogP contribution in [-0.4, -0.2) is 40.7 Å². The van der Waals surface area contributed by atoms with Crippen molar-refractivity contribution in [2.75, 3.05) is 19.8 Å². The summed E-state index contributed by atoms with van der Waals surface area (Å²) in [6.07, 6.45) is 0. The molecule has 0 atom stereocenters. The molecule has 54 valence electrons. The van der Waals surface area contributed by atoms with E-state index >= 15 is 0 Å². The van der Waals surface area contributed by atoms with Crippen molar-refractivity contribution in [2.45, 2.75) is 5.54 Å². The van der Waals surface area contributed by atoms with Crippen molar-refractivity contribution < 1.29 is 41.5 Å². The summed E-state index contributed by atoms with van der Waals surface area (Å²) in [7, 11) is 0. The van der Waals surface area contributed by atoms with Gasteiger partial charge in [0.1, 0.15) is 0 Å². The first kappa shape index (κ1) is 12.4. The number of nitrogens with two attached hydrogens (primary N) is 1. The zero-order valence-corrected chi connectivity index (χ0v) is 7.50. The van der Waals surface area contributed by atoms with Gasteiger partial charge in [-0.05, 0) is 0 Å². The molecular formula is C4H11NO3Zr. The Balaban J connectivity index is 0. The third-order valence-electron chi connectivity index (χ3n) is 0.945. The van der Waals surface area contributed by atoms with Crippen LogP contribution in [0, 0.1) is 0 Å². The molecule has 5 heteroatoms. The summed E-state index contributed by atoms with van der Waals surface area (Å²) in [5.41, 5.74) is 3.94. The summed E-state index contributed by atoms with van der Waals surface area (Å²) >= 11 is 0. The number of aliphatic hydroxyl groups excluding tert-OH is 3. The van der Waals surface area contributed by atoms with E-state index in [0.29, 0.717) is 0 Å². The molecule has 0 aromatic rings. The molecule has 0 rings (SSSR count). The average Bonchev–Trinajstić information content (AvgIpc) is 1.87. The molecule has 0 aliphatic heterocycles. The maximum atomic E-state index is 8.34. The van der Waals surface area contributed by atoms with Crippen LogP contribution < -0.4 is 5.73 Å². The van der Waals surface area contributed by atoms with Crippen LogP contribution in [-0.2, 0) is 26.2 Å². The fraction of sp³-hybridized carbons (Fsp3) is 1.00. The second-order valence-electron chi connectivity index (χ2n) is 1.84. The average molecular weight is 212 g/mol. The molecule has 0 unspecified atom stereocenters. The Morgan fingerprint density at radius 1 is 1.00 bits per heavy atom. The third kappa shape index (κ3) is 4.17. The number of rotatable bonds is 3. The Kier molecular flexibility index (Phi) is 7.59. The van der Waals surface area contributed by atoms with Gasteiger partial charge in [-0.3, -0.25) is 0 Å². The van der Waals surface area contributed by atoms with Crippen molar-refractivity contribution >= 4 is 0 Å². The van der Waals surface area contributed by atoms with E-state index in [-0.39, 0.29) is 26.2 Å². The SMILES string of the molecule is NC(CO)(CO)CO.[Zr]. The number of hydrogen-bond donors (Lipinski definition) is 4. The summed E-state index contributed by atoms with van der Waals surface area (Å²) in [6, 6.07) is 0. The molecule has 0 heterocycles. The van der Waals surface area contributed by atoms with Gasteiger partial charge >= 0.3 is 0 Å². The molecule has 0 aromatic carbocycles. The quantitative estimate of drug-likeness (QED) is 0.422. The standard InChI is InChI=1S/C4H11NO3.Zr/c5-4(1-6,2-7)3-8;/h6-8H,1-3,5H2;. The zero-order valence-electron chi connectivity index (χ0n) is 5.04. The van der Waals surface area contributed by atoms with E-state index in [1.807, 2.05) is 0 Å². The first-order valence-corrected chi connectivity index (χ1v) is 2.30. The largest absolute Gasteiger partial charge is 0.394 e. The van der Waals surface area contributed by atoms with Gasteiger partial charge in [-0.2, -0.15) is 0 Å². The Bertz CT molecular complexity index is 58.6. The third-order valence-corrected chi connectivity index (χ3v) is 0.945. The summed E-state index contributed by atoms with van der Waals surface area (Å²) < 4.78 is 0. The molecule has 0 saturated carbocycles. The minimum Gasteiger partial charge on any atom is -0.394 e. The van der Waals surface area contributed by atoms with Crippen molar-refractivity contribution in [3.05, 3.63) is 0 Å². The first-order valence-electron chi connectivity index (χ1n) is 2.30. The van der Waals surface area contributed by atoms with Gasteiger partial charge in [0.15, 0.2) is 0 Å². The molecule has 0 aliphatic rings.